The number of aromatic nitrogens is 3. The molecule has 9 nitrogen and oxygen atoms in total. The van der Waals surface area contributed by atoms with Crippen LogP contribution in [0.25, 0.3) is 5.52 Å². The number of carbonyl (C=O) groups excluding carboxylic acids is 1. The summed E-state index contributed by atoms with van der Waals surface area (Å²) < 4.78 is 15.7. The van der Waals surface area contributed by atoms with Gasteiger partial charge in [-0.25, -0.2) is 19.8 Å². The predicted octanol–water partition coefficient (Wildman–Crippen LogP) is 0.893. The minimum Gasteiger partial charge on any atom is -0.366 e. The Morgan fingerprint density at radius 1 is 1.38 bits per heavy atom. The molecule has 2 aromatic heterocycles. The summed E-state index contributed by atoms with van der Waals surface area (Å²) in [6.45, 7) is 1.24. The van der Waals surface area contributed by atoms with Crippen LogP contribution in [0.5, 0.6) is 0 Å². The van der Waals surface area contributed by atoms with Crippen LogP contribution in [0.1, 0.15) is 16.1 Å². The van der Waals surface area contributed by atoms with E-state index in [0.717, 1.165) is 5.56 Å². The summed E-state index contributed by atoms with van der Waals surface area (Å²) in [4.78, 5) is 25.0. The molecule has 0 aliphatic carbocycles. The first-order valence-corrected chi connectivity index (χ1v) is 7.58. The summed E-state index contributed by atoms with van der Waals surface area (Å²) in [5.41, 5.74) is 3.44. The van der Waals surface area contributed by atoms with Crippen LogP contribution in [-0.2, 0) is 4.84 Å². The van der Waals surface area contributed by atoms with Crippen molar-refractivity contribution in [2.24, 2.45) is 0 Å². The molecule has 4 N–H and O–H groups in total. The second-order valence-electron chi connectivity index (χ2n) is 5.48. The number of nitrogens with one attached hydrogen (secondary N) is 2. The van der Waals surface area contributed by atoms with E-state index in [9.17, 15) is 9.18 Å². The van der Waals surface area contributed by atoms with Crippen molar-refractivity contribution in [1.29, 1.82) is 0 Å². The molecule has 0 atom stereocenters. The van der Waals surface area contributed by atoms with E-state index in [1.54, 1.807) is 19.1 Å². The van der Waals surface area contributed by atoms with Gasteiger partial charge in [0.25, 0.3) is 5.91 Å². The average Bonchev–Trinajstić information content (AvgIpc) is 3.06. The van der Waals surface area contributed by atoms with Crippen LogP contribution in [0.2, 0.25) is 0 Å². The third-order valence-electron chi connectivity index (χ3n) is 3.45. The molecule has 0 bridgehead atoms. The largest absolute Gasteiger partial charge is 0.366 e. The molecule has 0 radical (unpaired) electrons. The van der Waals surface area contributed by atoms with Crippen molar-refractivity contribution < 1.29 is 24.2 Å². The van der Waals surface area contributed by atoms with Gasteiger partial charge in [-0.3, -0.25) is 14.0 Å². The number of rotatable bonds is 6. The van der Waals surface area contributed by atoms with Gasteiger partial charge in [0, 0.05) is 0 Å². The van der Waals surface area contributed by atoms with Gasteiger partial charge in [-0.05, 0) is 24.6 Å². The molecule has 10 heteroatoms. The number of hydrogen-bond acceptors (Lipinski definition) is 7. The normalized spacial score (nSPS) is 11.1. The van der Waals surface area contributed by atoms with Crippen LogP contribution in [0.3, 0.4) is 0 Å². The number of amides is 1. The molecule has 0 fully saturated rings. The summed E-state index contributed by atoms with van der Waals surface area (Å²) in [7, 11) is 0. The summed E-state index contributed by atoms with van der Waals surface area (Å²) in [5, 5.41) is 20.3. The highest BCUT2D eigenvalue weighted by Gasteiger charge is 2.19. The SMILES string of the molecule is Cc1ccc(Nc2c(C(=O)NOCC(O)O)ncc3cncn23)c(F)c1. The van der Waals surface area contributed by atoms with Crippen molar-refractivity contribution in [2.75, 3.05) is 11.9 Å². The second-order valence-corrected chi connectivity index (χ2v) is 5.48. The number of benzene rings is 1. The summed E-state index contributed by atoms with van der Waals surface area (Å²) in [6.07, 6.45) is 2.66. The molecule has 26 heavy (non-hydrogen) atoms. The van der Waals surface area contributed by atoms with Gasteiger partial charge in [-0.15, -0.1) is 0 Å². The van der Waals surface area contributed by atoms with Crippen molar-refractivity contribution in [2.45, 2.75) is 13.2 Å². The molecule has 0 unspecified atom stereocenters. The number of carbonyl (C=O) groups is 1. The first-order valence-electron chi connectivity index (χ1n) is 7.58. The summed E-state index contributed by atoms with van der Waals surface area (Å²) in [5.74, 6) is -1.07. The van der Waals surface area contributed by atoms with E-state index < -0.39 is 24.6 Å². The Balaban J connectivity index is 1.96. The maximum Gasteiger partial charge on any atom is 0.297 e. The predicted molar refractivity (Wildman–Crippen MR) is 89.1 cm³/mol. The molecular weight excluding hydrogens is 345 g/mol. The van der Waals surface area contributed by atoms with Gasteiger partial charge in [0.05, 0.1) is 23.6 Å². The number of hydroxylamine groups is 1. The van der Waals surface area contributed by atoms with Crippen LogP contribution in [0.4, 0.5) is 15.9 Å². The van der Waals surface area contributed by atoms with Gasteiger partial charge >= 0.3 is 0 Å². The molecule has 136 valence electrons. The fraction of sp³-hybridized carbons (Fsp3) is 0.188. The quantitative estimate of drug-likeness (QED) is 0.380. The Kier molecular flexibility index (Phi) is 5.07. The molecule has 0 aliphatic heterocycles. The smallest absolute Gasteiger partial charge is 0.297 e. The van der Waals surface area contributed by atoms with Crippen LogP contribution in [0, 0.1) is 12.7 Å². The minimum atomic E-state index is -1.74. The number of halogens is 1. The van der Waals surface area contributed by atoms with E-state index in [0.29, 0.717) is 5.52 Å². The van der Waals surface area contributed by atoms with E-state index >= 15 is 0 Å². The van der Waals surface area contributed by atoms with Gasteiger partial charge in [-0.2, -0.15) is 0 Å². The van der Waals surface area contributed by atoms with E-state index in [-0.39, 0.29) is 17.2 Å². The Hall–Kier alpha value is -3.08. The minimum absolute atomic E-state index is 0.0945. The number of aliphatic hydroxyl groups excluding tert-OH is 1. The summed E-state index contributed by atoms with van der Waals surface area (Å²) >= 11 is 0. The lowest BCUT2D eigenvalue weighted by molar-refractivity contribution is -0.111. The molecule has 0 saturated heterocycles. The van der Waals surface area contributed by atoms with Crippen molar-refractivity contribution >= 4 is 22.9 Å². The molecule has 1 aromatic carbocycles. The Morgan fingerprint density at radius 2 is 2.19 bits per heavy atom. The fourth-order valence-electron chi connectivity index (χ4n) is 2.26. The molecule has 3 aromatic rings. The van der Waals surface area contributed by atoms with Crippen LogP contribution < -0.4 is 10.8 Å². The summed E-state index contributed by atoms with van der Waals surface area (Å²) in [6, 6.07) is 4.62. The van der Waals surface area contributed by atoms with Gasteiger partial charge in [-0.1, -0.05) is 6.07 Å². The van der Waals surface area contributed by atoms with Crippen molar-refractivity contribution in [3.8, 4) is 0 Å². The second kappa shape index (κ2) is 7.44. The van der Waals surface area contributed by atoms with Crippen molar-refractivity contribution in [1.82, 2.24) is 19.8 Å². The van der Waals surface area contributed by atoms with Crippen molar-refractivity contribution in [3.05, 3.63) is 54.0 Å². The standard InChI is InChI=1S/C16H16FN5O4/c1-9-2-3-12(11(17)4-9)20-15-14(16(25)21-26-7-13(23)24)19-6-10-5-18-8-22(10)15/h2-6,8,13,20,23-24H,7H2,1H3,(H,21,25). The molecule has 0 aliphatic rings. The van der Waals surface area contributed by atoms with E-state index in [1.165, 1.54) is 29.2 Å². The molecule has 2 heterocycles. The van der Waals surface area contributed by atoms with E-state index in [2.05, 4.69) is 20.1 Å². The first kappa shape index (κ1) is 17.7. The number of anilines is 2. The maximum atomic E-state index is 14.2. The zero-order chi connectivity index (χ0) is 18.7. The lowest BCUT2D eigenvalue weighted by Gasteiger charge is -2.14. The number of hydrogen-bond donors (Lipinski definition) is 4. The third-order valence-corrected chi connectivity index (χ3v) is 3.45. The number of aryl methyl sites for hydroxylation is 1. The first-order chi connectivity index (χ1) is 12.5. The lowest BCUT2D eigenvalue weighted by atomic mass is 10.2. The Labute approximate surface area is 147 Å². The molecule has 3 rings (SSSR count). The maximum absolute atomic E-state index is 14.2. The number of aliphatic hydroxyl groups is 2. The molecular formula is C16H16FN5O4. The van der Waals surface area contributed by atoms with E-state index in [1.807, 2.05) is 5.48 Å². The molecule has 1 amide bonds. The van der Waals surface area contributed by atoms with Gasteiger partial charge in [0.15, 0.2) is 12.0 Å². The van der Waals surface area contributed by atoms with Crippen LogP contribution >= 0.6 is 0 Å². The monoisotopic (exact) mass is 361 g/mol. The van der Waals surface area contributed by atoms with Gasteiger partial charge in [0.2, 0.25) is 0 Å². The highest BCUT2D eigenvalue weighted by Crippen LogP contribution is 2.24. The zero-order valence-electron chi connectivity index (χ0n) is 13.7. The van der Waals surface area contributed by atoms with E-state index in [4.69, 9.17) is 10.2 Å². The molecule has 0 spiro atoms. The lowest BCUT2D eigenvalue weighted by Crippen LogP contribution is -2.29. The number of imidazole rings is 1. The average molecular weight is 361 g/mol. The highest BCUT2D eigenvalue weighted by molar-refractivity contribution is 5.97. The topological polar surface area (TPSA) is 121 Å². The highest BCUT2D eigenvalue weighted by atomic mass is 19.1. The Morgan fingerprint density at radius 3 is 2.92 bits per heavy atom. The van der Waals surface area contributed by atoms with Crippen LogP contribution in [0.15, 0.2) is 36.9 Å². The van der Waals surface area contributed by atoms with Gasteiger partial charge < -0.3 is 15.5 Å². The van der Waals surface area contributed by atoms with Crippen LogP contribution in [-0.4, -0.2) is 43.4 Å². The molecule has 0 saturated carbocycles. The fourth-order valence-corrected chi connectivity index (χ4v) is 2.26. The zero-order valence-corrected chi connectivity index (χ0v) is 13.7. The number of fused-ring (bicyclic) bond motifs is 1. The number of nitrogens with zero attached hydrogens (tertiary/aromatic N) is 3. The Bertz CT molecular complexity index is 944. The van der Waals surface area contributed by atoms with Crippen molar-refractivity contribution in [3.63, 3.8) is 0 Å². The van der Waals surface area contributed by atoms with Gasteiger partial charge in [0.1, 0.15) is 24.6 Å². The third kappa shape index (κ3) is 3.77.